The van der Waals surface area contributed by atoms with Crippen LogP contribution in [0.4, 0.5) is 0 Å². The first-order chi connectivity index (χ1) is 14.2. The molecule has 7 unspecified atom stereocenters. The molecule has 0 N–H and O–H groups in total. The average molecular weight is 399 g/mol. The van der Waals surface area contributed by atoms with Crippen molar-refractivity contribution in [3.05, 3.63) is 0 Å². The number of hydrogen-bond donors (Lipinski definition) is 0. The summed E-state index contributed by atoms with van der Waals surface area (Å²) in [6.07, 6.45) is 21.3. The Hall–Kier alpha value is -0.660. The van der Waals surface area contributed by atoms with Crippen molar-refractivity contribution in [3.8, 4) is 0 Å². The summed E-state index contributed by atoms with van der Waals surface area (Å²) in [4.78, 5) is 26.1. The topological polar surface area (TPSA) is 34.1 Å². The fourth-order valence-corrected chi connectivity index (χ4v) is 8.18. The Morgan fingerprint density at radius 3 is 2.21 bits per heavy atom. The molecule has 5 aliphatic carbocycles. The monoisotopic (exact) mass is 398 g/mol. The molecule has 2 nitrogen and oxygen atoms in total. The van der Waals surface area contributed by atoms with Crippen LogP contribution in [0.25, 0.3) is 0 Å². The molecule has 2 heteroatoms. The maximum absolute atomic E-state index is 13.2. The number of carbonyl (C=O) groups is 2. The minimum Gasteiger partial charge on any atom is -0.299 e. The van der Waals surface area contributed by atoms with Crippen LogP contribution in [-0.4, -0.2) is 11.6 Å². The predicted molar refractivity (Wildman–Crippen MR) is 116 cm³/mol. The maximum Gasteiger partial charge on any atom is 0.139 e. The Morgan fingerprint density at radius 2 is 1.34 bits per heavy atom. The molecule has 5 aliphatic rings. The zero-order valence-corrected chi connectivity index (χ0v) is 18.5. The van der Waals surface area contributed by atoms with Crippen LogP contribution in [-0.2, 0) is 9.59 Å². The van der Waals surface area contributed by atoms with E-state index in [9.17, 15) is 9.59 Å². The highest BCUT2D eigenvalue weighted by atomic mass is 16.1. The summed E-state index contributed by atoms with van der Waals surface area (Å²) in [7, 11) is 0. The van der Waals surface area contributed by atoms with Gasteiger partial charge in [-0.25, -0.2) is 0 Å². The summed E-state index contributed by atoms with van der Waals surface area (Å²) < 4.78 is 0. The van der Waals surface area contributed by atoms with Crippen molar-refractivity contribution in [2.45, 2.75) is 109 Å². The van der Waals surface area contributed by atoms with Crippen molar-refractivity contribution < 1.29 is 9.59 Å². The summed E-state index contributed by atoms with van der Waals surface area (Å²) in [6.45, 7) is 0. The molecule has 0 amide bonds. The molecular weight excluding hydrogens is 356 g/mol. The highest BCUT2D eigenvalue weighted by molar-refractivity contribution is 5.87. The Labute approximate surface area is 178 Å². The SMILES string of the molecule is O=C(CC[C@H]1CC1C(=O)C1CCCC2CCCCC21)C1CCC2CCCCC2C1. The van der Waals surface area contributed by atoms with E-state index in [1.807, 2.05) is 0 Å². The largest absolute Gasteiger partial charge is 0.299 e. The second-order valence-corrected chi connectivity index (χ2v) is 11.6. The van der Waals surface area contributed by atoms with E-state index in [0.717, 1.165) is 49.9 Å². The van der Waals surface area contributed by atoms with E-state index in [0.29, 0.717) is 41.2 Å². The summed E-state index contributed by atoms with van der Waals surface area (Å²) in [5.74, 6) is 6.07. The van der Waals surface area contributed by atoms with Gasteiger partial charge in [0.15, 0.2) is 0 Å². The molecule has 5 fully saturated rings. The van der Waals surface area contributed by atoms with Crippen molar-refractivity contribution in [2.24, 2.45) is 47.3 Å². The van der Waals surface area contributed by atoms with Gasteiger partial charge in [-0.05, 0) is 74.5 Å². The molecule has 5 rings (SSSR count). The zero-order chi connectivity index (χ0) is 19.8. The van der Waals surface area contributed by atoms with E-state index in [1.165, 1.54) is 77.0 Å². The second kappa shape index (κ2) is 8.83. The van der Waals surface area contributed by atoms with Crippen molar-refractivity contribution >= 4 is 11.6 Å². The molecule has 0 bridgehead atoms. The van der Waals surface area contributed by atoms with Gasteiger partial charge in [-0.15, -0.1) is 0 Å². The van der Waals surface area contributed by atoms with Gasteiger partial charge in [0, 0.05) is 24.2 Å². The summed E-state index contributed by atoms with van der Waals surface area (Å²) in [5, 5.41) is 0. The lowest BCUT2D eigenvalue weighted by Gasteiger charge is -2.40. The summed E-state index contributed by atoms with van der Waals surface area (Å²) in [6, 6.07) is 0. The van der Waals surface area contributed by atoms with Crippen molar-refractivity contribution in [1.29, 1.82) is 0 Å². The maximum atomic E-state index is 13.2. The summed E-state index contributed by atoms with van der Waals surface area (Å²) in [5.41, 5.74) is 0. The number of fused-ring (bicyclic) bond motifs is 2. The third-order valence-electron chi connectivity index (χ3n) is 9.98. The molecule has 0 spiro atoms. The standard InChI is InChI=1S/C27H42O2/c28-26(22-13-12-18-6-1-2-8-20(18)16-22)15-14-21-17-25(21)27(29)24-11-5-9-19-7-3-4-10-23(19)24/h18-25H,1-17H2/t18?,19?,20?,21-,22?,23?,24?,25?/m0/s1. The van der Waals surface area contributed by atoms with E-state index in [4.69, 9.17) is 0 Å². The molecule has 0 aromatic heterocycles. The van der Waals surface area contributed by atoms with E-state index in [1.54, 1.807) is 0 Å². The average Bonchev–Trinajstić information content (AvgIpc) is 3.56. The van der Waals surface area contributed by atoms with Crippen LogP contribution in [0.2, 0.25) is 0 Å². The molecule has 0 radical (unpaired) electrons. The van der Waals surface area contributed by atoms with Crippen LogP contribution in [0.3, 0.4) is 0 Å². The van der Waals surface area contributed by atoms with E-state index in [-0.39, 0.29) is 0 Å². The van der Waals surface area contributed by atoms with E-state index >= 15 is 0 Å². The molecule has 8 atom stereocenters. The quantitative estimate of drug-likeness (QED) is 0.495. The van der Waals surface area contributed by atoms with Gasteiger partial charge in [0.2, 0.25) is 0 Å². The zero-order valence-electron chi connectivity index (χ0n) is 18.5. The third-order valence-corrected chi connectivity index (χ3v) is 9.98. The van der Waals surface area contributed by atoms with Crippen molar-refractivity contribution in [2.75, 3.05) is 0 Å². The Morgan fingerprint density at radius 1 is 0.621 bits per heavy atom. The highest BCUT2D eigenvalue weighted by Gasteiger charge is 2.48. The molecule has 5 saturated carbocycles. The van der Waals surface area contributed by atoms with Gasteiger partial charge in [-0.1, -0.05) is 57.8 Å². The van der Waals surface area contributed by atoms with Crippen LogP contribution in [0.5, 0.6) is 0 Å². The van der Waals surface area contributed by atoms with E-state index in [2.05, 4.69) is 0 Å². The number of ketones is 2. The van der Waals surface area contributed by atoms with E-state index < -0.39 is 0 Å². The second-order valence-electron chi connectivity index (χ2n) is 11.6. The van der Waals surface area contributed by atoms with Gasteiger partial charge >= 0.3 is 0 Å². The molecule has 0 aromatic carbocycles. The number of carbonyl (C=O) groups excluding carboxylic acids is 2. The Kier molecular flexibility index (Phi) is 6.17. The fraction of sp³-hybridized carbons (Fsp3) is 0.926. The molecular formula is C27H42O2. The number of Topliss-reactive ketones (excluding diaryl/α,β-unsaturated/α-hetero) is 2. The molecule has 29 heavy (non-hydrogen) atoms. The first-order valence-corrected chi connectivity index (χ1v) is 13.3. The van der Waals surface area contributed by atoms with Gasteiger partial charge in [-0.2, -0.15) is 0 Å². The summed E-state index contributed by atoms with van der Waals surface area (Å²) >= 11 is 0. The third kappa shape index (κ3) is 4.38. The molecule has 0 saturated heterocycles. The minimum absolute atomic E-state index is 0.322. The molecule has 0 aromatic rings. The first kappa shape index (κ1) is 20.3. The van der Waals surface area contributed by atoms with Crippen LogP contribution < -0.4 is 0 Å². The minimum atomic E-state index is 0.322. The Balaban J connectivity index is 1.08. The van der Waals surface area contributed by atoms with Gasteiger partial charge in [0.25, 0.3) is 0 Å². The van der Waals surface area contributed by atoms with Gasteiger partial charge in [-0.3, -0.25) is 9.59 Å². The van der Waals surface area contributed by atoms with Crippen LogP contribution >= 0.6 is 0 Å². The molecule has 0 heterocycles. The lowest BCUT2D eigenvalue weighted by atomic mass is 9.64. The van der Waals surface area contributed by atoms with Crippen LogP contribution in [0, 0.1) is 47.3 Å². The van der Waals surface area contributed by atoms with Gasteiger partial charge < -0.3 is 0 Å². The number of rotatable bonds is 6. The van der Waals surface area contributed by atoms with Crippen molar-refractivity contribution in [1.82, 2.24) is 0 Å². The lowest BCUT2D eigenvalue weighted by molar-refractivity contribution is -0.129. The van der Waals surface area contributed by atoms with Crippen LogP contribution in [0.15, 0.2) is 0 Å². The van der Waals surface area contributed by atoms with Gasteiger partial charge in [0.1, 0.15) is 11.6 Å². The van der Waals surface area contributed by atoms with Crippen molar-refractivity contribution in [3.63, 3.8) is 0 Å². The highest BCUT2D eigenvalue weighted by Crippen LogP contribution is 2.51. The van der Waals surface area contributed by atoms with Crippen LogP contribution in [0.1, 0.15) is 109 Å². The molecule has 162 valence electrons. The smallest absolute Gasteiger partial charge is 0.139 e. The molecule has 0 aliphatic heterocycles. The predicted octanol–water partition coefficient (Wildman–Crippen LogP) is 6.75. The fourth-order valence-electron chi connectivity index (χ4n) is 8.18. The van der Waals surface area contributed by atoms with Gasteiger partial charge in [0.05, 0.1) is 0 Å². The Bertz CT molecular complexity index is 608. The number of hydrogen-bond acceptors (Lipinski definition) is 2. The first-order valence-electron chi connectivity index (χ1n) is 13.3. The normalized spacial score (nSPS) is 44.4. The lowest BCUT2D eigenvalue weighted by Crippen LogP contribution is -2.36.